The molecule has 0 aliphatic carbocycles. The largest absolute Gasteiger partial charge is 0.457 e. The van der Waals surface area contributed by atoms with Crippen LogP contribution >= 0.6 is 0 Å². The fourth-order valence-corrected chi connectivity index (χ4v) is 7.27. The van der Waals surface area contributed by atoms with Crippen LogP contribution in [0.2, 0.25) is 0 Å². The zero-order valence-corrected chi connectivity index (χ0v) is 33.2. The number of Topliss-reactive ketones (excluding diaryl/α,β-unsaturated/α-hetero) is 1. The Bertz CT molecular complexity index is 1930. The average molecular weight is 784 g/mol. The summed E-state index contributed by atoms with van der Waals surface area (Å²) in [5.74, 6) is -1.78. The van der Waals surface area contributed by atoms with Crippen LogP contribution in [0.3, 0.4) is 0 Å². The van der Waals surface area contributed by atoms with Gasteiger partial charge in [0.25, 0.3) is 0 Å². The number of aliphatic hydroxyl groups excluding tert-OH is 1. The summed E-state index contributed by atoms with van der Waals surface area (Å²) in [6.07, 6.45) is -3.58. The third-order valence-electron chi connectivity index (χ3n) is 10.5. The Morgan fingerprint density at radius 1 is 0.860 bits per heavy atom. The molecule has 12 heteroatoms. The summed E-state index contributed by atoms with van der Waals surface area (Å²) in [5, 5.41) is 10.4. The minimum atomic E-state index is -1.17. The third kappa shape index (κ3) is 10.1. The second-order valence-corrected chi connectivity index (χ2v) is 14.9. The monoisotopic (exact) mass is 783 g/mol. The summed E-state index contributed by atoms with van der Waals surface area (Å²) >= 11 is 0. The number of imide groups is 1. The van der Waals surface area contributed by atoms with E-state index >= 15 is 0 Å². The van der Waals surface area contributed by atoms with Crippen LogP contribution < -0.4 is 0 Å². The molecular weight excluding hydrogens is 730 g/mol. The molecule has 7 atom stereocenters. The van der Waals surface area contributed by atoms with Crippen molar-refractivity contribution < 1.29 is 52.3 Å². The number of ether oxygens (including phenoxy) is 6. The predicted molar refractivity (Wildman–Crippen MR) is 210 cm³/mol. The van der Waals surface area contributed by atoms with Crippen LogP contribution in [-0.2, 0) is 52.9 Å². The second kappa shape index (κ2) is 19.6. The maximum absolute atomic E-state index is 13.8. The van der Waals surface area contributed by atoms with E-state index in [2.05, 4.69) is 0 Å². The lowest BCUT2D eigenvalue weighted by molar-refractivity contribution is -0.319. The summed E-state index contributed by atoms with van der Waals surface area (Å²) < 4.78 is 42.9. The zero-order chi connectivity index (χ0) is 40.5. The molecule has 1 N–H and O–H groups in total. The highest BCUT2D eigenvalue weighted by Gasteiger charge is 2.48. The predicted octanol–water partition coefficient (Wildman–Crippen LogP) is 6.93. The Hall–Kier alpha value is -4.69. The molecule has 0 spiro atoms. The smallest absolute Gasteiger partial charge is 0.417 e. The summed E-state index contributed by atoms with van der Waals surface area (Å²) in [6, 6.07) is 28.6. The van der Waals surface area contributed by atoms with Crippen LogP contribution in [0.5, 0.6) is 0 Å². The molecule has 2 aliphatic rings. The van der Waals surface area contributed by atoms with E-state index in [0.29, 0.717) is 18.6 Å². The van der Waals surface area contributed by atoms with Gasteiger partial charge in [0.2, 0.25) is 11.7 Å². The first-order valence-corrected chi connectivity index (χ1v) is 19.5. The van der Waals surface area contributed by atoms with Gasteiger partial charge in [0.05, 0.1) is 25.9 Å². The molecule has 2 fully saturated rings. The molecule has 0 unspecified atom stereocenters. The van der Waals surface area contributed by atoms with E-state index in [-0.39, 0.29) is 44.7 Å². The molecule has 2 amide bonds. The summed E-state index contributed by atoms with van der Waals surface area (Å²) in [7, 11) is 1.52. The van der Waals surface area contributed by atoms with Gasteiger partial charge in [-0.2, -0.15) is 0 Å². The Kier molecular flexibility index (Phi) is 14.5. The summed E-state index contributed by atoms with van der Waals surface area (Å²) in [6.45, 7) is 7.81. The Morgan fingerprint density at radius 3 is 2.14 bits per heavy atom. The van der Waals surface area contributed by atoms with Crippen LogP contribution in [0.15, 0.2) is 95.4 Å². The molecular formula is C45H53NO11. The van der Waals surface area contributed by atoms with Crippen LogP contribution in [0.1, 0.15) is 60.2 Å². The molecule has 4 aromatic rings. The Balaban J connectivity index is 1.20. The van der Waals surface area contributed by atoms with Crippen molar-refractivity contribution in [2.24, 2.45) is 11.8 Å². The minimum Gasteiger partial charge on any atom is -0.457 e. The van der Waals surface area contributed by atoms with Crippen LogP contribution in [0.4, 0.5) is 4.79 Å². The first-order valence-electron chi connectivity index (χ1n) is 19.5. The number of aryl methyl sites for hydroxylation is 2. The number of hydrogen-bond acceptors (Lipinski definition) is 11. The third-order valence-corrected chi connectivity index (χ3v) is 10.5. The number of benzene rings is 3. The highest BCUT2D eigenvalue weighted by atomic mass is 16.7. The SMILES string of the molecule is CO[C@H]1O[C@H](CO)[C@@H](OCc2ccccc2)[C@H](OCc2ccccc2)[C@@H]1OCCCc1oc(C(=O)[C@H](C)C(=O)N2C(=O)OC[C@@H]2C(C)C)cc1-c1cccc(C)c1. The lowest BCUT2D eigenvalue weighted by Crippen LogP contribution is -2.61. The van der Waals surface area contributed by atoms with E-state index in [1.54, 1.807) is 6.07 Å². The van der Waals surface area contributed by atoms with Gasteiger partial charge in [0, 0.05) is 25.7 Å². The van der Waals surface area contributed by atoms with Crippen molar-refractivity contribution in [3.63, 3.8) is 0 Å². The maximum Gasteiger partial charge on any atom is 0.417 e. The Labute approximate surface area is 333 Å². The number of furan rings is 1. The summed E-state index contributed by atoms with van der Waals surface area (Å²) in [5.41, 5.74) is 4.53. The molecule has 12 nitrogen and oxygen atoms in total. The van der Waals surface area contributed by atoms with E-state index in [1.807, 2.05) is 106 Å². The number of aliphatic hydroxyl groups is 1. The van der Waals surface area contributed by atoms with Gasteiger partial charge in [-0.3, -0.25) is 9.59 Å². The molecule has 0 saturated carbocycles. The Morgan fingerprint density at radius 2 is 1.53 bits per heavy atom. The van der Waals surface area contributed by atoms with Crippen molar-refractivity contribution >= 4 is 17.8 Å². The highest BCUT2D eigenvalue weighted by Crippen LogP contribution is 2.33. The van der Waals surface area contributed by atoms with Crippen LogP contribution in [-0.4, -0.2) is 91.5 Å². The minimum absolute atomic E-state index is 0.0277. The van der Waals surface area contributed by atoms with E-state index in [9.17, 15) is 19.5 Å². The first kappa shape index (κ1) is 41.9. The normalized spacial score (nSPS) is 22.8. The fourth-order valence-electron chi connectivity index (χ4n) is 7.27. The van der Waals surface area contributed by atoms with Crippen molar-refractivity contribution in [2.75, 3.05) is 26.9 Å². The van der Waals surface area contributed by atoms with Gasteiger partial charge in [-0.25, -0.2) is 9.69 Å². The van der Waals surface area contributed by atoms with Crippen molar-refractivity contribution in [3.8, 4) is 11.1 Å². The number of hydrogen-bond donors (Lipinski definition) is 1. The van der Waals surface area contributed by atoms with Crippen molar-refractivity contribution in [2.45, 2.75) is 90.5 Å². The molecule has 2 aliphatic heterocycles. The van der Waals surface area contributed by atoms with E-state index in [4.69, 9.17) is 32.8 Å². The zero-order valence-electron chi connectivity index (χ0n) is 33.2. The van der Waals surface area contributed by atoms with Crippen LogP contribution in [0.25, 0.3) is 11.1 Å². The number of nitrogens with zero attached hydrogens (tertiary/aromatic N) is 1. The molecule has 304 valence electrons. The van der Waals surface area contributed by atoms with E-state index in [0.717, 1.165) is 32.7 Å². The van der Waals surface area contributed by atoms with Crippen LogP contribution in [0, 0.1) is 18.8 Å². The fraction of sp³-hybridized carbons (Fsp3) is 0.444. The number of ketones is 1. The number of amides is 2. The van der Waals surface area contributed by atoms with Gasteiger partial charge < -0.3 is 37.9 Å². The van der Waals surface area contributed by atoms with Crippen molar-refractivity contribution in [1.82, 2.24) is 4.90 Å². The lowest BCUT2D eigenvalue weighted by Gasteiger charge is -2.45. The number of rotatable bonds is 18. The first-order chi connectivity index (χ1) is 27.6. The second-order valence-electron chi connectivity index (χ2n) is 14.9. The van der Waals surface area contributed by atoms with Gasteiger partial charge in [-0.15, -0.1) is 0 Å². The van der Waals surface area contributed by atoms with E-state index < -0.39 is 60.4 Å². The quantitative estimate of drug-likeness (QED) is 0.0638. The number of methoxy groups -OCH3 is 1. The molecule has 3 heterocycles. The molecule has 1 aromatic heterocycles. The highest BCUT2D eigenvalue weighted by molar-refractivity contribution is 6.12. The number of carbonyl (C=O) groups excluding carboxylic acids is 3. The molecule has 0 bridgehead atoms. The standard InChI is InChI=1S/C45H53NO11/c1-28(2)35-27-55-45(50)46(35)43(49)30(4)39(48)37-23-34(33-19-12-14-29(3)22-33)36(56-37)20-13-21-52-42-41(54-26-32-17-10-7-11-18-32)40(38(24-47)57-44(42)51-5)53-25-31-15-8-6-9-16-31/h6-12,14-19,22-23,28,30,35,38,40-42,44,47H,13,20-21,24-27H2,1-5H3/t30-,35+,38+,40+,41-,42-,44-/m0/s1. The van der Waals surface area contributed by atoms with Gasteiger partial charge in [0.1, 0.15) is 42.7 Å². The average Bonchev–Trinajstić information content (AvgIpc) is 3.84. The van der Waals surface area contributed by atoms with Crippen molar-refractivity contribution in [3.05, 3.63) is 119 Å². The molecule has 6 rings (SSSR count). The number of carbonyl (C=O) groups is 3. The molecule has 2 saturated heterocycles. The number of cyclic esters (lactones) is 1. The summed E-state index contributed by atoms with van der Waals surface area (Å²) in [4.78, 5) is 41.0. The van der Waals surface area contributed by atoms with Gasteiger partial charge >= 0.3 is 6.09 Å². The topological polar surface area (TPSA) is 143 Å². The molecule has 0 radical (unpaired) electrons. The maximum atomic E-state index is 13.8. The van der Waals surface area contributed by atoms with E-state index in [1.165, 1.54) is 14.0 Å². The van der Waals surface area contributed by atoms with Gasteiger partial charge in [-0.1, -0.05) is 104 Å². The van der Waals surface area contributed by atoms with Gasteiger partial charge in [0.15, 0.2) is 12.1 Å². The van der Waals surface area contributed by atoms with Crippen molar-refractivity contribution in [1.29, 1.82) is 0 Å². The lowest BCUT2D eigenvalue weighted by atomic mass is 9.97. The molecule has 57 heavy (non-hydrogen) atoms. The van der Waals surface area contributed by atoms with Gasteiger partial charge in [-0.05, 0) is 48.9 Å². The molecule has 3 aromatic carbocycles.